The topological polar surface area (TPSA) is 24.4 Å². The number of hydrogen-bond donors (Lipinski definition) is 1. The number of thioether (sulfide) groups is 1. The molecule has 0 aromatic heterocycles. The molecule has 1 rings (SSSR count). The van der Waals surface area contributed by atoms with Crippen LogP contribution >= 0.6 is 11.8 Å². The van der Waals surface area contributed by atoms with E-state index in [2.05, 4.69) is 31.1 Å². The van der Waals surface area contributed by atoms with Gasteiger partial charge < -0.3 is 5.32 Å². The summed E-state index contributed by atoms with van der Waals surface area (Å²) in [6.07, 6.45) is 5.22. The molecule has 0 amide bonds. The molecule has 0 aromatic rings. The van der Waals surface area contributed by atoms with Crippen LogP contribution in [-0.4, -0.2) is 23.5 Å². The van der Waals surface area contributed by atoms with E-state index in [9.17, 15) is 0 Å². The molecule has 0 saturated carbocycles. The Bertz CT molecular complexity index is 202. The number of amidine groups is 1. The smallest absolute Gasteiger partial charge is 0.156 e. The summed E-state index contributed by atoms with van der Waals surface area (Å²) >= 11 is 1.88. The lowest BCUT2D eigenvalue weighted by Gasteiger charge is -2.13. The van der Waals surface area contributed by atoms with Gasteiger partial charge in [-0.1, -0.05) is 51.8 Å². The highest BCUT2D eigenvalue weighted by Crippen LogP contribution is 2.19. The van der Waals surface area contributed by atoms with Gasteiger partial charge in [-0.05, 0) is 12.3 Å². The average Bonchev–Trinajstić information content (AvgIpc) is 2.66. The van der Waals surface area contributed by atoms with E-state index < -0.39 is 0 Å². The molecule has 15 heavy (non-hydrogen) atoms. The SMILES string of the molecule is CCCCCCN=C1NC(C(C)C)CS1. The van der Waals surface area contributed by atoms with Crippen LogP contribution in [0.25, 0.3) is 0 Å². The summed E-state index contributed by atoms with van der Waals surface area (Å²) in [6, 6.07) is 0.629. The van der Waals surface area contributed by atoms with E-state index in [4.69, 9.17) is 0 Å². The minimum Gasteiger partial charge on any atom is -0.361 e. The zero-order valence-electron chi connectivity index (χ0n) is 10.3. The molecule has 0 aliphatic carbocycles. The summed E-state index contributed by atoms with van der Waals surface area (Å²) in [5.74, 6) is 1.90. The number of unbranched alkanes of at least 4 members (excludes halogenated alkanes) is 3. The average molecular weight is 228 g/mol. The van der Waals surface area contributed by atoms with Crippen LogP contribution in [0.2, 0.25) is 0 Å². The lowest BCUT2D eigenvalue weighted by atomic mass is 10.1. The van der Waals surface area contributed by atoms with Crippen molar-refractivity contribution in [1.82, 2.24) is 5.32 Å². The van der Waals surface area contributed by atoms with Crippen LogP contribution in [0, 0.1) is 5.92 Å². The summed E-state index contributed by atoms with van der Waals surface area (Å²) in [5.41, 5.74) is 0. The predicted octanol–water partition coefficient (Wildman–Crippen LogP) is 3.28. The number of nitrogens with zero attached hydrogens (tertiary/aromatic N) is 1. The first kappa shape index (κ1) is 12.9. The molecule has 0 bridgehead atoms. The van der Waals surface area contributed by atoms with Crippen LogP contribution in [0.1, 0.15) is 46.5 Å². The fourth-order valence-electron chi connectivity index (χ4n) is 1.58. The van der Waals surface area contributed by atoms with Gasteiger partial charge in [0.2, 0.25) is 0 Å². The zero-order valence-corrected chi connectivity index (χ0v) is 11.1. The van der Waals surface area contributed by atoms with Gasteiger partial charge in [-0.25, -0.2) is 0 Å². The Labute approximate surface area is 98.3 Å². The molecule has 1 heterocycles. The van der Waals surface area contributed by atoms with Crippen molar-refractivity contribution in [3.63, 3.8) is 0 Å². The molecule has 1 saturated heterocycles. The summed E-state index contributed by atoms with van der Waals surface area (Å²) in [5, 5.41) is 4.67. The molecule has 88 valence electrons. The Kier molecular flexibility index (Phi) is 6.15. The van der Waals surface area contributed by atoms with Gasteiger partial charge in [0.15, 0.2) is 5.17 Å². The van der Waals surface area contributed by atoms with E-state index in [-0.39, 0.29) is 0 Å². The van der Waals surface area contributed by atoms with Gasteiger partial charge in [-0.3, -0.25) is 4.99 Å². The van der Waals surface area contributed by atoms with Crippen molar-refractivity contribution in [2.75, 3.05) is 12.3 Å². The quantitative estimate of drug-likeness (QED) is 0.706. The second kappa shape index (κ2) is 7.15. The second-order valence-corrected chi connectivity index (χ2v) is 5.56. The van der Waals surface area contributed by atoms with E-state index in [1.807, 2.05) is 11.8 Å². The molecular formula is C12H24N2S. The van der Waals surface area contributed by atoms with Crippen LogP contribution in [0.15, 0.2) is 4.99 Å². The van der Waals surface area contributed by atoms with Crippen molar-refractivity contribution in [3.05, 3.63) is 0 Å². The summed E-state index contributed by atoms with van der Waals surface area (Å²) in [7, 11) is 0. The summed E-state index contributed by atoms with van der Waals surface area (Å²) in [4.78, 5) is 4.60. The minimum absolute atomic E-state index is 0.629. The van der Waals surface area contributed by atoms with Gasteiger partial charge in [0, 0.05) is 18.3 Å². The maximum absolute atomic E-state index is 4.60. The normalized spacial score (nSPS) is 23.7. The summed E-state index contributed by atoms with van der Waals surface area (Å²) < 4.78 is 0. The lowest BCUT2D eigenvalue weighted by molar-refractivity contribution is 0.503. The van der Waals surface area contributed by atoms with Gasteiger partial charge in [0.25, 0.3) is 0 Å². The molecular weight excluding hydrogens is 204 g/mol. The van der Waals surface area contributed by atoms with Gasteiger partial charge in [0.1, 0.15) is 0 Å². The molecule has 1 fully saturated rings. The molecule has 0 radical (unpaired) electrons. The van der Waals surface area contributed by atoms with E-state index in [0.29, 0.717) is 12.0 Å². The fraction of sp³-hybridized carbons (Fsp3) is 0.917. The van der Waals surface area contributed by atoms with Crippen molar-refractivity contribution in [2.24, 2.45) is 10.9 Å². The molecule has 1 aliphatic rings. The number of aliphatic imine (C=N–C) groups is 1. The van der Waals surface area contributed by atoms with E-state index in [0.717, 1.165) is 6.54 Å². The van der Waals surface area contributed by atoms with Gasteiger partial charge >= 0.3 is 0 Å². The van der Waals surface area contributed by atoms with Crippen molar-refractivity contribution >= 4 is 16.9 Å². The maximum Gasteiger partial charge on any atom is 0.156 e. The Morgan fingerprint density at radius 2 is 2.20 bits per heavy atom. The Morgan fingerprint density at radius 1 is 1.40 bits per heavy atom. The first-order valence-electron chi connectivity index (χ1n) is 6.17. The van der Waals surface area contributed by atoms with Crippen molar-refractivity contribution < 1.29 is 0 Å². The van der Waals surface area contributed by atoms with E-state index >= 15 is 0 Å². The minimum atomic E-state index is 0.629. The van der Waals surface area contributed by atoms with Gasteiger partial charge in [-0.15, -0.1) is 0 Å². The third-order valence-corrected chi connectivity index (χ3v) is 3.83. The van der Waals surface area contributed by atoms with E-state index in [1.165, 1.54) is 36.6 Å². The highest BCUT2D eigenvalue weighted by molar-refractivity contribution is 8.14. The predicted molar refractivity (Wildman–Crippen MR) is 70.7 cm³/mol. The highest BCUT2D eigenvalue weighted by atomic mass is 32.2. The van der Waals surface area contributed by atoms with E-state index in [1.54, 1.807) is 0 Å². The standard InChI is InChI=1S/C12H24N2S/c1-4-5-6-7-8-13-12-14-11(9-15-12)10(2)3/h10-11H,4-9H2,1-3H3,(H,13,14). The molecule has 1 unspecified atom stereocenters. The largest absolute Gasteiger partial charge is 0.361 e. The molecule has 1 atom stereocenters. The first-order chi connectivity index (χ1) is 7.24. The lowest BCUT2D eigenvalue weighted by Crippen LogP contribution is -2.31. The fourth-order valence-corrected chi connectivity index (χ4v) is 2.80. The third-order valence-electron chi connectivity index (χ3n) is 2.78. The first-order valence-corrected chi connectivity index (χ1v) is 7.16. The third kappa shape index (κ3) is 4.92. The molecule has 1 aliphatic heterocycles. The van der Waals surface area contributed by atoms with Crippen LogP contribution in [0.3, 0.4) is 0 Å². The Balaban J connectivity index is 2.13. The molecule has 0 spiro atoms. The van der Waals surface area contributed by atoms with Crippen molar-refractivity contribution in [3.8, 4) is 0 Å². The van der Waals surface area contributed by atoms with Crippen LogP contribution < -0.4 is 5.32 Å². The molecule has 0 aromatic carbocycles. The number of hydrogen-bond acceptors (Lipinski definition) is 2. The zero-order chi connectivity index (χ0) is 11.1. The van der Waals surface area contributed by atoms with Crippen LogP contribution in [0.5, 0.6) is 0 Å². The molecule has 1 N–H and O–H groups in total. The maximum atomic E-state index is 4.60. The van der Waals surface area contributed by atoms with Crippen molar-refractivity contribution in [2.45, 2.75) is 52.5 Å². The van der Waals surface area contributed by atoms with Gasteiger partial charge in [-0.2, -0.15) is 0 Å². The summed E-state index contributed by atoms with van der Waals surface area (Å²) in [6.45, 7) is 7.78. The van der Waals surface area contributed by atoms with Gasteiger partial charge in [0.05, 0.1) is 0 Å². The second-order valence-electron chi connectivity index (χ2n) is 4.55. The monoisotopic (exact) mass is 228 g/mol. The number of nitrogens with one attached hydrogen (secondary N) is 1. The van der Waals surface area contributed by atoms with Crippen LogP contribution in [-0.2, 0) is 0 Å². The Morgan fingerprint density at radius 3 is 2.80 bits per heavy atom. The Hall–Kier alpha value is -0.180. The van der Waals surface area contributed by atoms with Crippen LogP contribution in [0.4, 0.5) is 0 Å². The molecule has 3 heteroatoms. The molecule has 2 nitrogen and oxygen atoms in total. The highest BCUT2D eigenvalue weighted by Gasteiger charge is 2.22. The van der Waals surface area contributed by atoms with Crippen molar-refractivity contribution in [1.29, 1.82) is 0 Å². The number of rotatable bonds is 6.